The summed E-state index contributed by atoms with van der Waals surface area (Å²) >= 11 is 3.38. The lowest BCUT2D eigenvalue weighted by Gasteiger charge is -2.15. The number of nitriles is 1. The number of para-hydroxylation sites is 2. The number of hydrogen-bond donors (Lipinski definition) is 1. The van der Waals surface area contributed by atoms with Gasteiger partial charge in [0.2, 0.25) is 0 Å². The summed E-state index contributed by atoms with van der Waals surface area (Å²) in [6.07, 6.45) is 0. The van der Waals surface area contributed by atoms with Crippen LogP contribution in [0.5, 0.6) is 5.75 Å². The molecule has 1 N–H and O–H groups in total. The van der Waals surface area contributed by atoms with Gasteiger partial charge in [-0.25, -0.2) is 0 Å². The van der Waals surface area contributed by atoms with Crippen LogP contribution in [0.1, 0.15) is 11.6 Å². The molecule has 1 atom stereocenters. The zero-order chi connectivity index (χ0) is 13.7. The van der Waals surface area contributed by atoms with Crippen molar-refractivity contribution in [1.29, 1.82) is 5.26 Å². The molecule has 4 heteroatoms. The second-order valence-corrected chi connectivity index (χ2v) is 4.87. The van der Waals surface area contributed by atoms with E-state index in [-0.39, 0.29) is 0 Å². The smallest absolute Gasteiger partial charge is 0.141 e. The van der Waals surface area contributed by atoms with Crippen LogP contribution in [0.15, 0.2) is 53.0 Å². The minimum Gasteiger partial charge on any atom is -0.495 e. The van der Waals surface area contributed by atoms with E-state index in [0.29, 0.717) is 0 Å². The molecule has 19 heavy (non-hydrogen) atoms. The van der Waals surface area contributed by atoms with E-state index in [0.717, 1.165) is 21.5 Å². The molecule has 3 nitrogen and oxygen atoms in total. The molecule has 0 unspecified atom stereocenters. The lowest BCUT2D eigenvalue weighted by molar-refractivity contribution is 0.416. The molecule has 2 rings (SSSR count). The summed E-state index contributed by atoms with van der Waals surface area (Å²) < 4.78 is 6.26. The fourth-order valence-electron chi connectivity index (χ4n) is 1.76. The zero-order valence-corrected chi connectivity index (χ0v) is 12.0. The van der Waals surface area contributed by atoms with Crippen molar-refractivity contribution in [3.8, 4) is 11.8 Å². The van der Waals surface area contributed by atoms with E-state index < -0.39 is 6.04 Å². The fraction of sp³-hybridized carbons (Fsp3) is 0.133. The zero-order valence-electron chi connectivity index (χ0n) is 10.4. The van der Waals surface area contributed by atoms with Gasteiger partial charge >= 0.3 is 0 Å². The van der Waals surface area contributed by atoms with Gasteiger partial charge in [0.15, 0.2) is 0 Å². The van der Waals surface area contributed by atoms with Gasteiger partial charge < -0.3 is 10.1 Å². The molecule has 2 aromatic rings. The van der Waals surface area contributed by atoms with Crippen LogP contribution in [0, 0.1) is 11.3 Å². The van der Waals surface area contributed by atoms with Crippen molar-refractivity contribution in [2.75, 3.05) is 12.4 Å². The first kappa shape index (κ1) is 13.4. The van der Waals surface area contributed by atoms with E-state index >= 15 is 0 Å². The summed E-state index contributed by atoms with van der Waals surface area (Å²) in [5.41, 5.74) is 1.72. The topological polar surface area (TPSA) is 45.0 Å². The van der Waals surface area contributed by atoms with Crippen LogP contribution in [-0.4, -0.2) is 7.11 Å². The Balaban J connectivity index is 2.24. The first-order chi connectivity index (χ1) is 9.24. The van der Waals surface area contributed by atoms with Crippen molar-refractivity contribution in [3.05, 3.63) is 58.6 Å². The van der Waals surface area contributed by atoms with Crippen LogP contribution in [-0.2, 0) is 0 Å². The summed E-state index contributed by atoms with van der Waals surface area (Å²) in [4.78, 5) is 0. The van der Waals surface area contributed by atoms with Gasteiger partial charge in [-0.05, 0) is 29.8 Å². The number of anilines is 1. The second kappa shape index (κ2) is 6.26. The number of rotatable bonds is 4. The lowest BCUT2D eigenvalue weighted by Crippen LogP contribution is -2.09. The van der Waals surface area contributed by atoms with E-state index in [1.807, 2.05) is 48.5 Å². The molecule has 0 aliphatic rings. The Morgan fingerprint density at radius 2 is 1.84 bits per heavy atom. The molecule has 0 aromatic heterocycles. The Hall–Kier alpha value is -1.99. The van der Waals surface area contributed by atoms with Crippen molar-refractivity contribution in [2.45, 2.75) is 6.04 Å². The molecule has 0 aliphatic carbocycles. The van der Waals surface area contributed by atoms with Crippen LogP contribution in [0.4, 0.5) is 5.69 Å². The molecule has 96 valence electrons. The molecule has 0 aliphatic heterocycles. The minimum atomic E-state index is -0.413. The van der Waals surface area contributed by atoms with Gasteiger partial charge in [-0.15, -0.1) is 0 Å². The number of benzene rings is 2. The summed E-state index contributed by atoms with van der Waals surface area (Å²) in [6.45, 7) is 0. The third kappa shape index (κ3) is 3.27. The maximum Gasteiger partial charge on any atom is 0.141 e. The predicted molar refractivity (Wildman–Crippen MR) is 79.1 cm³/mol. The van der Waals surface area contributed by atoms with Crippen LogP contribution >= 0.6 is 15.9 Å². The molecule has 0 bridgehead atoms. The van der Waals surface area contributed by atoms with Crippen LogP contribution < -0.4 is 10.1 Å². The van der Waals surface area contributed by atoms with E-state index in [4.69, 9.17) is 4.74 Å². The van der Waals surface area contributed by atoms with Gasteiger partial charge in [-0.1, -0.05) is 40.2 Å². The normalized spacial score (nSPS) is 11.4. The average molecular weight is 317 g/mol. The van der Waals surface area contributed by atoms with Crippen LogP contribution in [0.2, 0.25) is 0 Å². The van der Waals surface area contributed by atoms with Crippen LogP contribution in [0.3, 0.4) is 0 Å². The predicted octanol–water partition coefficient (Wildman–Crippen LogP) is 4.13. The molecule has 0 saturated heterocycles. The van der Waals surface area contributed by atoms with Gasteiger partial charge in [0.1, 0.15) is 11.8 Å². The number of methoxy groups -OCH3 is 1. The Morgan fingerprint density at radius 3 is 2.47 bits per heavy atom. The van der Waals surface area contributed by atoms with Gasteiger partial charge in [0.05, 0.1) is 18.9 Å². The summed E-state index contributed by atoms with van der Waals surface area (Å²) in [5.74, 6) is 0.722. The molecule has 0 amide bonds. The largest absolute Gasteiger partial charge is 0.495 e. The Kier molecular flexibility index (Phi) is 4.43. The molecule has 0 heterocycles. The quantitative estimate of drug-likeness (QED) is 0.922. The number of nitrogens with zero attached hydrogens (tertiary/aromatic N) is 1. The third-order valence-corrected chi connectivity index (χ3v) is 3.27. The highest BCUT2D eigenvalue weighted by atomic mass is 79.9. The van der Waals surface area contributed by atoms with Gasteiger partial charge in [-0.2, -0.15) is 5.26 Å². The van der Waals surface area contributed by atoms with Crippen molar-refractivity contribution in [2.24, 2.45) is 0 Å². The highest BCUT2D eigenvalue weighted by molar-refractivity contribution is 9.10. The molecule has 0 saturated carbocycles. The van der Waals surface area contributed by atoms with E-state index in [9.17, 15) is 5.26 Å². The summed E-state index contributed by atoms with van der Waals surface area (Å²) in [7, 11) is 1.61. The molecule has 0 fully saturated rings. The maximum atomic E-state index is 9.31. The highest BCUT2D eigenvalue weighted by Crippen LogP contribution is 2.28. The Morgan fingerprint density at radius 1 is 1.16 bits per heavy atom. The second-order valence-electron chi connectivity index (χ2n) is 3.96. The maximum absolute atomic E-state index is 9.31. The average Bonchev–Trinajstić information content (AvgIpc) is 2.46. The molecule has 0 radical (unpaired) electrons. The van der Waals surface area contributed by atoms with E-state index in [1.54, 1.807) is 7.11 Å². The SMILES string of the molecule is COc1ccccc1N[C@@H](C#N)c1ccc(Br)cc1. The standard InChI is InChI=1S/C15H13BrN2O/c1-19-15-5-3-2-4-13(15)18-14(10-17)11-6-8-12(16)9-7-11/h2-9,14,18H,1H3/t14-/m0/s1. The first-order valence-corrected chi connectivity index (χ1v) is 6.58. The Bertz CT molecular complexity index is 590. The summed E-state index contributed by atoms with van der Waals surface area (Å²) in [6, 6.07) is 17.1. The van der Waals surface area contributed by atoms with Gasteiger partial charge in [0, 0.05) is 4.47 Å². The molecular formula is C15H13BrN2O. The van der Waals surface area contributed by atoms with Crippen molar-refractivity contribution < 1.29 is 4.74 Å². The number of hydrogen-bond acceptors (Lipinski definition) is 3. The van der Waals surface area contributed by atoms with E-state index in [2.05, 4.69) is 27.3 Å². The fourth-order valence-corrected chi connectivity index (χ4v) is 2.03. The number of ether oxygens (including phenoxy) is 1. The first-order valence-electron chi connectivity index (χ1n) is 5.79. The van der Waals surface area contributed by atoms with Crippen molar-refractivity contribution in [3.63, 3.8) is 0 Å². The van der Waals surface area contributed by atoms with Crippen LogP contribution in [0.25, 0.3) is 0 Å². The van der Waals surface area contributed by atoms with Gasteiger partial charge in [-0.3, -0.25) is 0 Å². The minimum absolute atomic E-state index is 0.413. The van der Waals surface area contributed by atoms with Crippen molar-refractivity contribution >= 4 is 21.6 Å². The summed E-state index contributed by atoms with van der Waals surface area (Å²) in [5, 5.41) is 12.5. The monoisotopic (exact) mass is 316 g/mol. The lowest BCUT2D eigenvalue weighted by atomic mass is 10.1. The Labute approximate surface area is 121 Å². The highest BCUT2D eigenvalue weighted by Gasteiger charge is 2.12. The third-order valence-electron chi connectivity index (χ3n) is 2.74. The van der Waals surface area contributed by atoms with Gasteiger partial charge in [0.25, 0.3) is 0 Å². The van der Waals surface area contributed by atoms with Crippen molar-refractivity contribution in [1.82, 2.24) is 0 Å². The molecule has 0 spiro atoms. The van der Waals surface area contributed by atoms with E-state index in [1.165, 1.54) is 0 Å². The molecule has 2 aromatic carbocycles. The molecular weight excluding hydrogens is 304 g/mol. The number of halogens is 1. The number of nitrogens with one attached hydrogen (secondary N) is 1.